The minimum atomic E-state index is -0.854. The fourth-order valence-electron chi connectivity index (χ4n) is 11.9. The van der Waals surface area contributed by atoms with Crippen LogP contribution in [-0.4, -0.2) is 65.7 Å². The zero-order chi connectivity index (χ0) is 30.9. The molecule has 0 radical (unpaired) electrons. The summed E-state index contributed by atoms with van der Waals surface area (Å²) in [7, 11) is 0. The van der Waals surface area contributed by atoms with Gasteiger partial charge >= 0.3 is 0 Å². The van der Waals surface area contributed by atoms with Gasteiger partial charge in [-0.3, -0.25) is 4.79 Å². The van der Waals surface area contributed by atoms with Gasteiger partial charge in [0.1, 0.15) is 5.78 Å². The maximum Gasteiger partial charge on any atom is 0.171 e. The predicted molar refractivity (Wildman–Crippen MR) is 169 cm³/mol. The van der Waals surface area contributed by atoms with Gasteiger partial charge in [0.25, 0.3) is 0 Å². The van der Waals surface area contributed by atoms with E-state index in [0.29, 0.717) is 61.6 Å². The molecule has 7 fully saturated rings. The summed E-state index contributed by atoms with van der Waals surface area (Å²) < 4.78 is 24.2. The average molecular weight is 627 g/mol. The van der Waals surface area contributed by atoms with Crippen LogP contribution in [-0.2, 0) is 23.7 Å². The SMILES string of the molecule is C[C@]12C[C@H](C3CCC(C(=O)C4CC4)CC3)C3=C4CCC5(C[C@]4(O)CCC3C1CC[C@@]2(O)CCCOC1CCCCO1)OCCO5. The summed E-state index contributed by atoms with van der Waals surface area (Å²) in [5, 5.41) is 24.9. The molecule has 2 N–H and O–H groups in total. The van der Waals surface area contributed by atoms with Crippen molar-refractivity contribution in [2.24, 2.45) is 40.9 Å². The van der Waals surface area contributed by atoms with Crippen LogP contribution in [0.1, 0.15) is 129 Å². The number of aliphatic hydroxyl groups is 2. The average Bonchev–Trinajstić information content (AvgIpc) is 3.75. The molecule has 0 aromatic carbocycles. The van der Waals surface area contributed by atoms with Crippen molar-refractivity contribution in [1.29, 1.82) is 0 Å². The molecular formula is C38H58O7. The zero-order valence-corrected chi connectivity index (χ0v) is 27.7. The number of Topliss-reactive ketones (excluding diaryl/α,β-unsaturated/α-hetero) is 1. The van der Waals surface area contributed by atoms with Gasteiger partial charge in [-0.2, -0.15) is 0 Å². The molecule has 8 rings (SSSR count). The Kier molecular flexibility index (Phi) is 8.34. The first-order valence-corrected chi connectivity index (χ1v) is 19.0. The highest BCUT2D eigenvalue weighted by Crippen LogP contribution is 2.68. The molecule has 0 aromatic heterocycles. The van der Waals surface area contributed by atoms with Crippen molar-refractivity contribution >= 4 is 5.78 Å². The van der Waals surface area contributed by atoms with Crippen LogP contribution in [0.4, 0.5) is 0 Å². The molecule has 5 saturated carbocycles. The second-order valence-electron chi connectivity index (χ2n) is 16.9. The lowest BCUT2D eigenvalue weighted by molar-refractivity contribution is -0.209. The first-order chi connectivity index (χ1) is 21.7. The monoisotopic (exact) mass is 626 g/mol. The quantitative estimate of drug-likeness (QED) is 0.231. The summed E-state index contributed by atoms with van der Waals surface area (Å²) in [6.07, 6.45) is 18.2. The molecular weight excluding hydrogens is 568 g/mol. The molecule has 2 saturated heterocycles. The minimum absolute atomic E-state index is 0.0777. The van der Waals surface area contributed by atoms with Gasteiger partial charge in [-0.15, -0.1) is 0 Å². The van der Waals surface area contributed by atoms with Crippen LogP contribution in [0.2, 0.25) is 0 Å². The van der Waals surface area contributed by atoms with E-state index in [1.165, 1.54) is 12.0 Å². The zero-order valence-electron chi connectivity index (χ0n) is 27.7. The molecule has 45 heavy (non-hydrogen) atoms. The Morgan fingerprint density at radius 3 is 2.33 bits per heavy atom. The molecule has 7 nitrogen and oxygen atoms in total. The van der Waals surface area contributed by atoms with Crippen LogP contribution in [0.25, 0.3) is 0 Å². The topological polar surface area (TPSA) is 94.5 Å². The van der Waals surface area contributed by atoms with E-state index >= 15 is 0 Å². The number of ketones is 1. The lowest BCUT2D eigenvalue weighted by atomic mass is 9.48. The molecule has 0 bridgehead atoms. The molecule has 7 heteroatoms. The Hall–Kier alpha value is -0.830. The fourth-order valence-corrected chi connectivity index (χ4v) is 11.9. The maximum absolute atomic E-state index is 13.0. The van der Waals surface area contributed by atoms with E-state index in [-0.39, 0.29) is 17.6 Å². The molecule has 0 amide bonds. The van der Waals surface area contributed by atoms with Crippen molar-refractivity contribution in [2.75, 3.05) is 26.4 Å². The van der Waals surface area contributed by atoms with Gasteiger partial charge in [-0.05, 0) is 138 Å². The van der Waals surface area contributed by atoms with Crippen LogP contribution >= 0.6 is 0 Å². The van der Waals surface area contributed by atoms with Crippen molar-refractivity contribution in [3.05, 3.63) is 11.1 Å². The number of allylic oxidation sites excluding steroid dienone is 1. The lowest BCUT2D eigenvalue weighted by Crippen LogP contribution is -2.57. The highest BCUT2D eigenvalue weighted by molar-refractivity contribution is 5.85. The van der Waals surface area contributed by atoms with Crippen LogP contribution in [0.3, 0.4) is 0 Å². The fraction of sp³-hybridized carbons (Fsp3) is 0.921. The van der Waals surface area contributed by atoms with E-state index in [1.807, 2.05) is 0 Å². The van der Waals surface area contributed by atoms with E-state index in [1.54, 1.807) is 5.57 Å². The largest absolute Gasteiger partial charge is 0.389 e. The van der Waals surface area contributed by atoms with Gasteiger partial charge < -0.3 is 29.2 Å². The van der Waals surface area contributed by atoms with E-state index in [9.17, 15) is 15.0 Å². The number of hydrogen-bond donors (Lipinski definition) is 2. The number of carbonyl (C=O) groups is 1. The molecule has 3 unspecified atom stereocenters. The van der Waals surface area contributed by atoms with Gasteiger partial charge in [-0.25, -0.2) is 0 Å². The van der Waals surface area contributed by atoms with Crippen molar-refractivity contribution in [3.8, 4) is 0 Å². The Labute approximate surface area is 270 Å². The Morgan fingerprint density at radius 1 is 0.867 bits per heavy atom. The predicted octanol–water partition coefficient (Wildman–Crippen LogP) is 6.63. The molecule has 7 atom stereocenters. The number of ether oxygens (including phenoxy) is 4. The van der Waals surface area contributed by atoms with Gasteiger partial charge in [0.15, 0.2) is 12.1 Å². The molecule has 6 aliphatic carbocycles. The highest BCUT2D eigenvalue weighted by atomic mass is 16.7. The molecule has 2 aliphatic heterocycles. The summed E-state index contributed by atoms with van der Waals surface area (Å²) in [6, 6.07) is 0. The third-order valence-corrected chi connectivity index (χ3v) is 14.5. The summed E-state index contributed by atoms with van der Waals surface area (Å²) in [4.78, 5) is 13.0. The van der Waals surface area contributed by atoms with E-state index in [0.717, 1.165) is 116 Å². The van der Waals surface area contributed by atoms with E-state index in [2.05, 4.69) is 6.92 Å². The summed E-state index contributed by atoms with van der Waals surface area (Å²) in [5.41, 5.74) is 1.17. The summed E-state index contributed by atoms with van der Waals surface area (Å²) in [5.74, 6) is 2.27. The van der Waals surface area contributed by atoms with Crippen molar-refractivity contribution < 1.29 is 34.0 Å². The summed E-state index contributed by atoms with van der Waals surface area (Å²) >= 11 is 0. The molecule has 252 valence electrons. The molecule has 0 aromatic rings. The van der Waals surface area contributed by atoms with Crippen molar-refractivity contribution in [1.82, 2.24) is 0 Å². The lowest BCUT2D eigenvalue weighted by Gasteiger charge is -2.59. The van der Waals surface area contributed by atoms with Gasteiger partial charge in [-0.1, -0.05) is 12.5 Å². The smallest absolute Gasteiger partial charge is 0.171 e. The van der Waals surface area contributed by atoms with Crippen molar-refractivity contribution in [2.45, 2.75) is 152 Å². The van der Waals surface area contributed by atoms with E-state index in [4.69, 9.17) is 18.9 Å². The standard InChI is InChI=1S/C38H58O7/c1-35-23-29(25-6-8-26(9-7-25)34(39)27-10-11-27)33-28(12-16-36(40)24-38(18-14-31(33)36)44-21-22-45-38)30(35)13-17-37(35,41)15-4-20-43-32-5-2-3-19-42-32/h25-30,32,40-41H,2-24H2,1H3/t25?,26?,28?,29-,30?,32?,35+,36-,37+/m1/s1. The second kappa shape index (κ2) is 11.9. The maximum atomic E-state index is 13.0. The Balaban J connectivity index is 1.06. The van der Waals surface area contributed by atoms with Gasteiger partial charge in [0.05, 0.1) is 24.4 Å². The Bertz CT molecular complexity index is 1140. The van der Waals surface area contributed by atoms with Crippen LogP contribution in [0, 0.1) is 40.9 Å². The van der Waals surface area contributed by atoms with Crippen molar-refractivity contribution in [3.63, 3.8) is 0 Å². The first-order valence-electron chi connectivity index (χ1n) is 19.0. The van der Waals surface area contributed by atoms with Crippen LogP contribution < -0.4 is 0 Å². The number of rotatable bonds is 8. The third kappa shape index (κ3) is 5.52. The normalized spacial score (nSPS) is 46.1. The van der Waals surface area contributed by atoms with Gasteiger partial charge in [0.2, 0.25) is 0 Å². The molecule has 2 heterocycles. The third-order valence-electron chi connectivity index (χ3n) is 14.5. The summed E-state index contributed by atoms with van der Waals surface area (Å²) in [6.45, 7) is 5.10. The molecule has 1 spiro atoms. The number of carbonyl (C=O) groups excluding carboxylic acids is 1. The van der Waals surface area contributed by atoms with Crippen LogP contribution in [0.5, 0.6) is 0 Å². The molecule has 8 aliphatic rings. The van der Waals surface area contributed by atoms with E-state index < -0.39 is 17.0 Å². The minimum Gasteiger partial charge on any atom is -0.389 e. The number of hydrogen-bond acceptors (Lipinski definition) is 7. The highest BCUT2D eigenvalue weighted by Gasteiger charge is 2.65. The Morgan fingerprint density at radius 2 is 1.62 bits per heavy atom. The first kappa shape index (κ1) is 31.4. The number of fused-ring (bicyclic) bond motifs is 4. The second-order valence-corrected chi connectivity index (χ2v) is 16.9. The van der Waals surface area contributed by atoms with Crippen LogP contribution in [0.15, 0.2) is 11.1 Å². The van der Waals surface area contributed by atoms with Gasteiger partial charge in [0, 0.05) is 43.3 Å².